The number of benzene rings is 2. The molecule has 1 N–H and O–H groups in total. The maximum atomic E-state index is 12.9. The lowest BCUT2D eigenvalue weighted by atomic mass is 10.1. The SMILES string of the molecule is Cc1ccccc1-n1nc(C)c(CN(C)C(=O)CCC(=O)N2CC(=O)Nc3ccccc32)c1C. The van der Waals surface area contributed by atoms with Crippen molar-refractivity contribution in [3.8, 4) is 5.69 Å². The number of anilines is 2. The van der Waals surface area contributed by atoms with Gasteiger partial charge in [0.05, 0.1) is 22.8 Å². The van der Waals surface area contributed by atoms with Crippen LogP contribution in [0.25, 0.3) is 5.69 Å². The van der Waals surface area contributed by atoms with E-state index in [1.165, 1.54) is 4.90 Å². The van der Waals surface area contributed by atoms with Gasteiger partial charge in [0.1, 0.15) is 6.54 Å². The van der Waals surface area contributed by atoms with Crippen LogP contribution in [0.4, 0.5) is 11.4 Å². The minimum atomic E-state index is -0.246. The van der Waals surface area contributed by atoms with E-state index in [9.17, 15) is 14.4 Å². The molecule has 0 atom stereocenters. The van der Waals surface area contributed by atoms with E-state index >= 15 is 0 Å². The van der Waals surface area contributed by atoms with Crippen LogP contribution in [0.2, 0.25) is 0 Å². The van der Waals surface area contributed by atoms with Crippen LogP contribution >= 0.6 is 0 Å². The summed E-state index contributed by atoms with van der Waals surface area (Å²) in [5.74, 6) is -0.624. The van der Waals surface area contributed by atoms with Crippen molar-refractivity contribution in [2.45, 2.75) is 40.2 Å². The topological polar surface area (TPSA) is 87.5 Å². The number of carbonyl (C=O) groups is 3. The van der Waals surface area contributed by atoms with E-state index in [1.54, 1.807) is 30.1 Å². The third-order valence-corrected chi connectivity index (χ3v) is 6.23. The molecular weight excluding hydrogens is 430 g/mol. The minimum absolute atomic E-state index is 0.0330. The monoisotopic (exact) mass is 459 g/mol. The van der Waals surface area contributed by atoms with E-state index in [2.05, 4.69) is 5.32 Å². The van der Waals surface area contributed by atoms with E-state index in [4.69, 9.17) is 5.10 Å². The van der Waals surface area contributed by atoms with E-state index in [1.807, 2.05) is 55.8 Å². The number of fused-ring (bicyclic) bond motifs is 1. The zero-order chi connectivity index (χ0) is 24.4. The number of hydrogen-bond acceptors (Lipinski definition) is 4. The molecule has 8 heteroatoms. The average molecular weight is 460 g/mol. The number of para-hydroxylation sites is 3. The highest BCUT2D eigenvalue weighted by molar-refractivity contribution is 6.10. The summed E-state index contributed by atoms with van der Waals surface area (Å²) in [4.78, 5) is 40.8. The van der Waals surface area contributed by atoms with Crippen molar-refractivity contribution < 1.29 is 14.4 Å². The number of carbonyl (C=O) groups excluding carboxylic acids is 3. The van der Waals surface area contributed by atoms with Gasteiger partial charge in [-0.15, -0.1) is 0 Å². The van der Waals surface area contributed by atoms with Crippen molar-refractivity contribution in [2.24, 2.45) is 0 Å². The standard InChI is InChI=1S/C26H29N5O3/c1-17-9-5-7-11-22(17)31-19(3)20(18(2)28-31)15-29(4)25(33)13-14-26(34)30-16-24(32)27-21-10-6-8-12-23(21)30/h5-12H,13-16H2,1-4H3,(H,27,32). The van der Waals surface area contributed by atoms with Gasteiger partial charge in [-0.1, -0.05) is 30.3 Å². The van der Waals surface area contributed by atoms with Crippen molar-refractivity contribution >= 4 is 29.1 Å². The highest BCUT2D eigenvalue weighted by atomic mass is 16.2. The third-order valence-electron chi connectivity index (χ3n) is 6.23. The Bertz CT molecular complexity index is 1260. The summed E-state index contributed by atoms with van der Waals surface area (Å²) in [6.07, 6.45) is 0.102. The number of nitrogens with zero attached hydrogens (tertiary/aromatic N) is 4. The van der Waals surface area contributed by atoms with Crippen LogP contribution in [0, 0.1) is 20.8 Å². The molecule has 2 heterocycles. The van der Waals surface area contributed by atoms with E-state index in [0.717, 1.165) is 28.2 Å². The van der Waals surface area contributed by atoms with E-state index in [0.29, 0.717) is 17.9 Å². The molecule has 1 aliphatic rings. The van der Waals surface area contributed by atoms with Crippen LogP contribution in [0.15, 0.2) is 48.5 Å². The van der Waals surface area contributed by atoms with Gasteiger partial charge < -0.3 is 15.1 Å². The van der Waals surface area contributed by atoms with Crippen LogP contribution in [-0.2, 0) is 20.9 Å². The Morgan fingerprint density at radius 1 is 1.00 bits per heavy atom. The smallest absolute Gasteiger partial charge is 0.244 e. The molecule has 2 aromatic carbocycles. The third kappa shape index (κ3) is 4.57. The van der Waals surface area contributed by atoms with Crippen molar-refractivity contribution in [1.29, 1.82) is 0 Å². The molecule has 0 saturated carbocycles. The number of nitrogens with one attached hydrogen (secondary N) is 1. The Balaban J connectivity index is 1.41. The van der Waals surface area contributed by atoms with Crippen molar-refractivity contribution in [1.82, 2.24) is 14.7 Å². The normalized spacial score (nSPS) is 12.8. The predicted molar refractivity (Wildman–Crippen MR) is 131 cm³/mol. The second-order valence-electron chi connectivity index (χ2n) is 8.64. The molecule has 34 heavy (non-hydrogen) atoms. The fraction of sp³-hybridized carbons (Fsp3) is 0.308. The molecule has 3 aromatic rings. The molecular formula is C26H29N5O3. The number of aryl methyl sites for hydroxylation is 2. The molecule has 0 unspecified atom stereocenters. The van der Waals surface area contributed by atoms with Crippen molar-refractivity contribution in [3.05, 3.63) is 71.0 Å². The van der Waals surface area contributed by atoms with Crippen LogP contribution in [0.3, 0.4) is 0 Å². The summed E-state index contributed by atoms with van der Waals surface area (Å²) in [7, 11) is 1.74. The Kier molecular flexibility index (Phi) is 6.49. The number of rotatable bonds is 6. The van der Waals surface area contributed by atoms with Gasteiger partial charge >= 0.3 is 0 Å². The molecule has 0 spiro atoms. The van der Waals surface area contributed by atoms with Crippen molar-refractivity contribution in [3.63, 3.8) is 0 Å². The van der Waals surface area contributed by atoms with Gasteiger partial charge in [0, 0.05) is 37.7 Å². The van der Waals surface area contributed by atoms with Crippen LogP contribution in [-0.4, -0.2) is 46.0 Å². The Labute approximate surface area is 199 Å². The van der Waals surface area contributed by atoms with Crippen molar-refractivity contribution in [2.75, 3.05) is 23.8 Å². The summed E-state index contributed by atoms with van der Waals surface area (Å²) in [6, 6.07) is 15.2. The maximum Gasteiger partial charge on any atom is 0.244 e. The number of aromatic nitrogens is 2. The summed E-state index contributed by atoms with van der Waals surface area (Å²) in [6.45, 7) is 6.35. The van der Waals surface area contributed by atoms with Gasteiger partial charge in [-0.2, -0.15) is 5.10 Å². The second-order valence-corrected chi connectivity index (χ2v) is 8.64. The van der Waals surface area contributed by atoms with Crippen LogP contribution in [0.5, 0.6) is 0 Å². The molecule has 4 rings (SSSR count). The largest absolute Gasteiger partial charge is 0.341 e. The molecule has 0 aliphatic carbocycles. The van der Waals surface area contributed by atoms with Gasteiger partial charge in [-0.05, 0) is 44.5 Å². The number of amides is 3. The molecule has 0 bridgehead atoms. The predicted octanol–water partition coefficient (Wildman–Crippen LogP) is 3.52. The van der Waals surface area contributed by atoms with Gasteiger partial charge in [0.25, 0.3) is 0 Å². The molecule has 0 radical (unpaired) electrons. The maximum absolute atomic E-state index is 12.9. The Morgan fingerprint density at radius 2 is 1.68 bits per heavy atom. The summed E-state index contributed by atoms with van der Waals surface area (Å²) in [5, 5.41) is 7.46. The lowest BCUT2D eigenvalue weighted by Crippen LogP contribution is -2.42. The fourth-order valence-electron chi connectivity index (χ4n) is 4.26. The first kappa shape index (κ1) is 23.2. The van der Waals surface area contributed by atoms with Gasteiger partial charge in [0.2, 0.25) is 17.7 Å². The quantitative estimate of drug-likeness (QED) is 0.611. The zero-order valence-corrected chi connectivity index (χ0v) is 20.0. The molecule has 8 nitrogen and oxygen atoms in total. The number of hydrogen-bond donors (Lipinski definition) is 1. The zero-order valence-electron chi connectivity index (χ0n) is 20.0. The lowest BCUT2D eigenvalue weighted by Gasteiger charge is -2.29. The highest BCUT2D eigenvalue weighted by Crippen LogP contribution is 2.29. The highest BCUT2D eigenvalue weighted by Gasteiger charge is 2.27. The molecule has 1 aliphatic heterocycles. The van der Waals surface area contributed by atoms with Crippen LogP contribution in [0.1, 0.15) is 35.4 Å². The average Bonchev–Trinajstić information content (AvgIpc) is 3.10. The molecule has 0 saturated heterocycles. The molecule has 1 aromatic heterocycles. The fourth-order valence-corrected chi connectivity index (χ4v) is 4.26. The molecule has 176 valence electrons. The molecule has 0 fully saturated rings. The van der Waals surface area contributed by atoms with E-state index < -0.39 is 0 Å². The van der Waals surface area contributed by atoms with Gasteiger partial charge in [-0.3, -0.25) is 14.4 Å². The first-order chi connectivity index (χ1) is 16.3. The first-order valence-electron chi connectivity index (χ1n) is 11.3. The van der Waals surface area contributed by atoms with Gasteiger partial charge in [0.15, 0.2) is 0 Å². The van der Waals surface area contributed by atoms with Gasteiger partial charge in [-0.25, -0.2) is 4.68 Å². The Morgan fingerprint density at radius 3 is 2.41 bits per heavy atom. The summed E-state index contributed by atoms with van der Waals surface area (Å²) in [5.41, 5.74) is 6.24. The lowest BCUT2D eigenvalue weighted by molar-refractivity contribution is -0.132. The molecule has 3 amide bonds. The summed E-state index contributed by atoms with van der Waals surface area (Å²) < 4.78 is 1.92. The summed E-state index contributed by atoms with van der Waals surface area (Å²) >= 11 is 0. The first-order valence-corrected chi connectivity index (χ1v) is 11.3. The second kappa shape index (κ2) is 9.51. The Hall–Kier alpha value is -3.94. The van der Waals surface area contributed by atoms with Crippen LogP contribution < -0.4 is 10.2 Å². The van der Waals surface area contributed by atoms with E-state index in [-0.39, 0.29) is 37.1 Å². The minimum Gasteiger partial charge on any atom is -0.341 e.